The molecule has 0 saturated carbocycles. The Bertz CT molecular complexity index is 370. The van der Waals surface area contributed by atoms with Crippen molar-refractivity contribution in [3.05, 3.63) is 34.9 Å². The Morgan fingerprint density at radius 3 is 2.69 bits per heavy atom. The third kappa shape index (κ3) is 3.48. The Morgan fingerprint density at radius 2 is 2.12 bits per heavy atom. The minimum absolute atomic E-state index is 0.0269. The maximum Gasteiger partial charge on any atom is 0.235 e. The van der Waals surface area contributed by atoms with Crippen molar-refractivity contribution < 1.29 is 4.79 Å². The minimum atomic E-state index is -0.676. The summed E-state index contributed by atoms with van der Waals surface area (Å²) in [6, 6.07) is 6.88. The molecule has 0 heterocycles. The molecule has 0 saturated heterocycles. The first kappa shape index (κ1) is 13.0. The highest BCUT2D eigenvalue weighted by Gasteiger charge is 2.13. The fourth-order valence-corrected chi connectivity index (χ4v) is 1.64. The molecule has 4 nitrogen and oxygen atoms in total. The first-order chi connectivity index (χ1) is 7.52. The highest BCUT2D eigenvalue weighted by atomic mass is 35.5. The lowest BCUT2D eigenvalue weighted by Gasteiger charge is -2.17. The van der Waals surface area contributed by atoms with Crippen LogP contribution in [-0.2, 0) is 4.79 Å². The summed E-state index contributed by atoms with van der Waals surface area (Å²) >= 11 is 6.03. The topological polar surface area (TPSA) is 81.1 Å². The van der Waals surface area contributed by atoms with Gasteiger partial charge in [-0.3, -0.25) is 4.79 Å². The van der Waals surface area contributed by atoms with E-state index in [2.05, 4.69) is 5.32 Å². The molecule has 1 aromatic carbocycles. The van der Waals surface area contributed by atoms with E-state index in [0.717, 1.165) is 5.56 Å². The van der Waals surface area contributed by atoms with Crippen molar-refractivity contribution in [2.45, 2.75) is 19.0 Å². The molecule has 1 rings (SSSR count). The van der Waals surface area contributed by atoms with Gasteiger partial charge in [0.25, 0.3) is 0 Å². The molecule has 16 heavy (non-hydrogen) atoms. The van der Waals surface area contributed by atoms with Crippen LogP contribution in [0.2, 0.25) is 5.02 Å². The summed E-state index contributed by atoms with van der Waals surface area (Å²) in [5, 5.41) is 3.80. The number of nitrogens with one attached hydrogen (secondary N) is 1. The van der Waals surface area contributed by atoms with Gasteiger partial charge in [0.15, 0.2) is 0 Å². The van der Waals surface area contributed by atoms with Crippen LogP contribution in [0.4, 0.5) is 0 Å². The molecule has 0 bridgehead atoms. The Kier molecular flexibility index (Phi) is 4.73. The van der Waals surface area contributed by atoms with Crippen LogP contribution in [0, 0.1) is 0 Å². The standard InChI is InChI=1S/C11H16ClN3O/c1-7(15-6-10(13)11(14)16)8-4-2-3-5-9(8)12/h2-5,7,10,15H,6,13H2,1H3,(H2,14,16)/t7-,10?/m1/s1. The molecule has 0 aromatic heterocycles. The van der Waals surface area contributed by atoms with E-state index in [1.807, 2.05) is 31.2 Å². The number of amides is 1. The lowest BCUT2D eigenvalue weighted by atomic mass is 10.1. The second kappa shape index (κ2) is 5.84. The molecule has 5 N–H and O–H groups in total. The molecule has 2 atom stereocenters. The van der Waals surface area contributed by atoms with Crippen LogP contribution in [0.1, 0.15) is 18.5 Å². The number of carbonyl (C=O) groups excluding carboxylic acids is 1. The van der Waals surface area contributed by atoms with Gasteiger partial charge in [-0.25, -0.2) is 0 Å². The number of primary amides is 1. The van der Waals surface area contributed by atoms with Crippen LogP contribution >= 0.6 is 11.6 Å². The predicted octanol–water partition coefficient (Wildman–Crippen LogP) is 0.803. The van der Waals surface area contributed by atoms with E-state index in [0.29, 0.717) is 11.6 Å². The van der Waals surface area contributed by atoms with Gasteiger partial charge in [0.1, 0.15) is 0 Å². The van der Waals surface area contributed by atoms with Crippen LogP contribution in [-0.4, -0.2) is 18.5 Å². The summed E-state index contributed by atoms with van der Waals surface area (Å²) in [6.45, 7) is 2.29. The molecule has 0 radical (unpaired) electrons. The van der Waals surface area contributed by atoms with E-state index in [-0.39, 0.29) is 6.04 Å². The molecule has 1 amide bonds. The smallest absolute Gasteiger partial charge is 0.235 e. The van der Waals surface area contributed by atoms with Crippen LogP contribution in [0.15, 0.2) is 24.3 Å². The number of nitrogens with two attached hydrogens (primary N) is 2. The van der Waals surface area contributed by atoms with Crippen molar-refractivity contribution in [2.24, 2.45) is 11.5 Å². The molecule has 0 aliphatic heterocycles. The van der Waals surface area contributed by atoms with E-state index in [9.17, 15) is 4.79 Å². The average molecular weight is 242 g/mol. The molecular formula is C11H16ClN3O. The van der Waals surface area contributed by atoms with Gasteiger partial charge < -0.3 is 16.8 Å². The van der Waals surface area contributed by atoms with Crippen molar-refractivity contribution in [3.63, 3.8) is 0 Å². The monoisotopic (exact) mass is 241 g/mol. The lowest BCUT2D eigenvalue weighted by Crippen LogP contribution is -2.44. The Morgan fingerprint density at radius 1 is 1.50 bits per heavy atom. The summed E-state index contributed by atoms with van der Waals surface area (Å²) < 4.78 is 0. The third-order valence-electron chi connectivity index (χ3n) is 2.38. The maximum atomic E-state index is 10.7. The lowest BCUT2D eigenvalue weighted by molar-refractivity contribution is -0.119. The normalized spacial score (nSPS) is 14.4. The van der Waals surface area contributed by atoms with Gasteiger partial charge in [-0.2, -0.15) is 0 Å². The molecule has 0 fully saturated rings. The number of benzene rings is 1. The van der Waals surface area contributed by atoms with E-state index >= 15 is 0 Å². The Balaban J connectivity index is 2.56. The van der Waals surface area contributed by atoms with Crippen LogP contribution in [0.25, 0.3) is 0 Å². The van der Waals surface area contributed by atoms with Crippen molar-refractivity contribution in [2.75, 3.05) is 6.54 Å². The molecule has 0 aliphatic carbocycles. The van der Waals surface area contributed by atoms with Gasteiger partial charge >= 0.3 is 0 Å². The van der Waals surface area contributed by atoms with Crippen LogP contribution < -0.4 is 16.8 Å². The van der Waals surface area contributed by atoms with E-state index in [4.69, 9.17) is 23.1 Å². The summed E-state index contributed by atoms with van der Waals surface area (Å²) in [6.07, 6.45) is 0. The van der Waals surface area contributed by atoms with Crippen molar-refractivity contribution in [1.82, 2.24) is 5.32 Å². The zero-order valence-electron chi connectivity index (χ0n) is 9.11. The zero-order chi connectivity index (χ0) is 12.1. The Labute approximate surface area is 100.0 Å². The van der Waals surface area contributed by atoms with Crippen molar-refractivity contribution in [1.29, 1.82) is 0 Å². The zero-order valence-corrected chi connectivity index (χ0v) is 9.87. The Hall–Kier alpha value is -1.10. The molecule has 1 aromatic rings. The van der Waals surface area contributed by atoms with Gasteiger partial charge in [-0.1, -0.05) is 29.8 Å². The second-order valence-electron chi connectivity index (χ2n) is 3.66. The highest BCUT2D eigenvalue weighted by molar-refractivity contribution is 6.31. The average Bonchev–Trinajstić information content (AvgIpc) is 2.25. The largest absolute Gasteiger partial charge is 0.368 e. The van der Waals surface area contributed by atoms with Crippen LogP contribution in [0.3, 0.4) is 0 Å². The number of hydrogen-bond donors (Lipinski definition) is 3. The fourth-order valence-electron chi connectivity index (χ4n) is 1.34. The number of carbonyl (C=O) groups is 1. The molecule has 1 unspecified atom stereocenters. The first-order valence-electron chi connectivity index (χ1n) is 5.05. The van der Waals surface area contributed by atoms with Crippen molar-refractivity contribution >= 4 is 17.5 Å². The predicted molar refractivity (Wildman–Crippen MR) is 65.0 cm³/mol. The fraction of sp³-hybridized carbons (Fsp3) is 0.364. The van der Waals surface area contributed by atoms with Gasteiger partial charge in [0.2, 0.25) is 5.91 Å². The SMILES string of the molecule is C[C@@H](NCC(N)C(N)=O)c1ccccc1Cl. The van der Waals surface area contributed by atoms with Crippen molar-refractivity contribution in [3.8, 4) is 0 Å². The maximum absolute atomic E-state index is 10.7. The third-order valence-corrected chi connectivity index (χ3v) is 2.73. The van der Waals surface area contributed by atoms with Crippen LogP contribution in [0.5, 0.6) is 0 Å². The number of hydrogen-bond acceptors (Lipinski definition) is 3. The van der Waals surface area contributed by atoms with E-state index < -0.39 is 11.9 Å². The highest BCUT2D eigenvalue weighted by Crippen LogP contribution is 2.21. The van der Waals surface area contributed by atoms with E-state index in [1.54, 1.807) is 0 Å². The summed E-state index contributed by atoms with van der Waals surface area (Å²) in [4.78, 5) is 10.7. The quantitative estimate of drug-likeness (QED) is 0.713. The molecule has 0 aliphatic rings. The van der Waals surface area contributed by atoms with Gasteiger partial charge in [0, 0.05) is 17.6 Å². The summed E-state index contributed by atoms with van der Waals surface area (Å²) in [5.41, 5.74) is 11.5. The summed E-state index contributed by atoms with van der Waals surface area (Å²) in [7, 11) is 0. The molecule has 0 spiro atoms. The van der Waals surface area contributed by atoms with Gasteiger partial charge in [-0.05, 0) is 18.6 Å². The van der Waals surface area contributed by atoms with E-state index in [1.165, 1.54) is 0 Å². The summed E-state index contributed by atoms with van der Waals surface area (Å²) in [5.74, 6) is -0.515. The van der Waals surface area contributed by atoms with Gasteiger partial charge in [-0.15, -0.1) is 0 Å². The number of rotatable bonds is 5. The second-order valence-corrected chi connectivity index (χ2v) is 4.07. The minimum Gasteiger partial charge on any atom is -0.368 e. The van der Waals surface area contributed by atoms with Gasteiger partial charge in [0.05, 0.1) is 6.04 Å². The molecular weight excluding hydrogens is 226 g/mol. The first-order valence-corrected chi connectivity index (χ1v) is 5.43. The number of halogens is 1. The molecule has 5 heteroatoms. The molecule has 88 valence electrons.